The summed E-state index contributed by atoms with van der Waals surface area (Å²) in [6, 6.07) is 13.4. The van der Waals surface area contributed by atoms with Crippen molar-refractivity contribution in [3.63, 3.8) is 0 Å². The highest BCUT2D eigenvalue weighted by atomic mass is 16.1. The molecule has 0 atom stereocenters. The van der Waals surface area contributed by atoms with E-state index in [1.807, 2.05) is 48.7 Å². The molecule has 0 aliphatic carbocycles. The van der Waals surface area contributed by atoms with E-state index in [1.54, 1.807) is 28.0 Å². The maximum absolute atomic E-state index is 12.5. The number of anilines is 2. The number of para-hydroxylation sites is 1. The summed E-state index contributed by atoms with van der Waals surface area (Å²) in [5, 5.41) is 12.2. The van der Waals surface area contributed by atoms with Crippen LogP contribution in [0.2, 0.25) is 0 Å². The van der Waals surface area contributed by atoms with Crippen molar-refractivity contribution in [2.75, 3.05) is 5.32 Å². The Bertz CT molecular complexity index is 1320. The van der Waals surface area contributed by atoms with Gasteiger partial charge < -0.3 is 5.32 Å². The van der Waals surface area contributed by atoms with Crippen LogP contribution in [-0.2, 0) is 6.54 Å². The smallest absolute Gasteiger partial charge is 0.263 e. The maximum atomic E-state index is 12.5. The molecule has 0 fully saturated rings. The zero-order valence-corrected chi connectivity index (χ0v) is 15.2. The molecule has 1 aromatic carbocycles. The number of H-pyrrole nitrogens is 1. The van der Waals surface area contributed by atoms with E-state index < -0.39 is 0 Å². The quantitative estimate of drug-likeness (QED) is 0.482. The first-order valence-electron chi connectivity index (χ1n) is 8.98. The van der Waals surface area contributed by atoms with E-state index in [-0.39, 0.29) is 5.56 Å². The molecular weight excluding hydrogens is 368 g/mol. The van der Waals surface area contributed by atoms with Crippen LogP contribution in [0.1, 0.15) is 5.56 Å². The van der Waals surface area contributed by atoms with Gasteiger partial charge in [-0.15, -0.1) is 0 Å². The molecule has 0 saturated carbocycles. The van der Waals surface area contributed by atoms with Crippen molar-refractivity contribution in [2.45, 2.75) is 6.54 Å². The highest BCUT2D eigenvalue weighted by Gasteiger charge is 2.12. The molecule has 9 heteroatoms. The van der Waals surface area contributed by atoms with E-state index >= 15 is 0 Å². The van der Waals surface area contributed by atoms with Gasteiger partial charge >= 0.3 is 0 Å². The van der Waals surface area contributed by atoms with Crippen LogP contribution >= 0.6 is 0 Å². The number of hydrogen-bond acceptors (Lipinski definition) is 6. The number of hydrogen-bond donors (Lipinski definition) is 2. The molecule has 0 amide bonds. The fraction of sp³-hybridized carbons (Fsp3) is 0.0500. The Labute approximate surface area is 164 Å². The number of aromatic amines is 1. The second-order valence-electron chi connectivity index (χ2n) is 6.45. The van der Waals surface area contributed by atoms with Gasteiger partial charge in [0.2, 0.25) is 5.95 Å². The van der Waals surface area contributed by atoms with Crippen LogP contribution in [0.3, 0.4) is 0 Å². The largest absolute Gasteiger partial charge is 0.323 e. The molecule has 4 heterocycles. The van der Waals surface area contributed by atoms with Gasteiger partial charge in [-0.3, -0.25) is 19.4 Å². The van der Waals surface area contributed by atoms with E-state index in [1.165, 1.54) is 6.20 Å². The molecule has 0 spiro atoms. The molecule has 0 saturated heterocycles. The van der Waals surface area contributed by atoms with Gasteiger partial charge in [0, 0.05) is 18.6 Å². The summed E-state index contributed by atoms with van der Waals surface area (Å²) in [5.41, 5.74) is 2.86. The average Bonchev–Trinajstić information content (AvgIpc) is 3.37. The van der Waals surface area contributed by atoms with Crippen LogP contribution in [0, 0.1) is 0 Å². The number of nitrogens with one attached hydrogen (secondary N) is 2. The van der Waals surface area contributed by atoms with Crippen molar-refractivity contribution >= 4 is 22.7 Å². The lowest BCUT2D eigenvalue weighted by Crippen LogP contribution is -2.11. The molecular formula is C20H16N8O. The fourth-order valence-electron chi connectivity index (χ4n) is 3.06. The molecule has 29 heavy (non-hydrogen) atoms. The van der Waals surface area contributed by atoms with Gasteiger partial charge in [-0.1, -0.05) is 18.2 Å². The molecule has 142 valence electrons. The SMILES string of the molecule is O=c1[nH]c(Nc2cnn(Cc3ccncc3)c2)nc2c1cnn2-c1ccccc1. The minimum absolute atomic E-state index is 0.260. The van der Waals surface area contributed by atoms with Gasteiger partial charge in [-0.2, -0.15) is 15.2 Å². The summed E-state index contributed by atoms with van der Waals surface area (Å²) in [5.74, 6) is 0.323. The molecule has 9 nitrogen and oxygen atoms in total. The highest BCUT2D eigenvalue weighted by Crippen LogP contribution is 2.17. The lowest BCUT2D eigenvalue weighted by Gasteiger charge is -2.05. The van der Waals surface area contributed by atoms with Gasteiger partial charge in [0.1, 0.15) is 5.39 Å². The Morgan fingerprint density at radius 2 is 1.83 bits per heavy atom. The van der Waals surface area contributed by atoms with E-state index in [0.717, 1.165) is 11.3 Å². The molecule has 0 radical (unpaired) electrons. The molecule has 5 aromatic rings. The summed E-state index contributed by atoms with van der Waals surface area (Å²) < 4.78 is 3.44. The summed E-state index contributed by atoms with van der Waals surface area (Å²) in [6.07, 6.45) is 8.54. The Hall–Kier alpha value is -4.27. The van der Waals surface area contributed by atoms with Gasteiger partial charge in [-0.05, 0) is 29.8 Å². The molecule has 0 unspecified atom stereocenters. The number of pyridine rings is 1. The monoisotopic (exact) mass is 384 g/mol. The predicted octanol–water partition coefficient (Wildman–Crippen LogP) is 2.49. The van der Waals surface area contributed by atoms with Crippen LogP contribution in [0.25, 0.3) is 16.7 Å². The van der Waals surface area contributed by atoms with Crippen molar-refractivity contribution in [1.82, 2.24) is 34.5 Å². The van der Waals surface area contributed by atoms with E-state index in [0.29, 0.717) is 29.2 Å². The zero-order chi connectivity index (χ0) is 19.6. The molecule has 5 rings (SSSR count). The van der Waals surface area contributed by atoms with Crippen molar-refractivity contribution in [1.29, 1.82) is 0 Å². The first-order chi connectivity index (χ1) is 14.3. The maximum Gasteiger partial charge on any atom is 0.263 e. The standard InChI is InChI=1S/C20H16N8O/c29-19-17-11-23-28(16-4-2-1-3-5-16)18(17)25-20(26-19)24-15-10-22-27(13-15)12-14-6-8-21-9-7-14/h1-11,13H,12H2,(H2,24,25,26,29). The Balaban J connectivity index is 1.45. The molecule has 0 bridgehead atoms. The lowest BCUT2D eigenvalue weighted by molar-refractivity contribution is 0.686. The lowest BCUT2D eigenvalue weighted by atomic mass is 10.3. The number of fused-ring (bicyclic) bond motifs is 1. The van der Waals surface area contributed by atoms with E-state index in [9.17, 15) is 4.79 Å². The molecule has 4 aromatic heterocycles. The number of aromatic nitrogens is 7. The van der Waals surface area contributed by atoms with Gasteiger partial charge in [0.25, 0.3) is 5.56 Å². The zero-order valence-electron chi connectivity index (χ0n) is 15.2. The van der Waals surface area contributed by atoms with Gasteiger partial charge in [0.15, 0.2) is 5.65 Å². The summed E-state index contributed by atoms with van der Waals surface area (Å²) in [6.45, 7) is 0.619. The van der Waals surface area contributed by atoms with Crippen LogP contribution < -0.4 is 10.9 Å². The Morgan fingerprint density at radius 3 is 2.66 bits per heavy atom. The second-order valence-corrected chi connectivity index (χ2v) is 6.45. The van der Waals surface area contributed by atoms with Crippen molar-refractivity contribution in [2.24, 2.45) is 0 Å². The van der Waals surface area contributed by atoms with Crippen LogP contribution in [-0.4, -0.2) is 34.5 Å². The van der Waals surface area contributed by atoms with Crippen LogP contribution in [0.5, 0.6) is 0 Å². The molecule has 0 aliphatic rings. The average molecular weight is 384 g/mol. The van der Waals surface area contributed by atoms with Crippen LogP contribution in [0.4, 0.5) is 11.6 Å². The molecule has 2 N–H and O–H groups in total. The summed E-state index contributed by atoms with van der Waals surface area (Å²) >= 11 is 0. The number of rotatable bonds is 5. The minimum atomic E-state index is -0.260. The third kappa shape index (κ3) is 3.36. The summed E-state index contributed by atoms with van der Waals surface area (Å²) in [7, 11) is 0. The first kappa shape index (κ1) is 16.9. The normalized spacial score (nSPS) is 11.0. The Morgan fingerprint density at radius 1 is 1.00 bits per heavy atom. The van der Waals surface area contributed by atoms with Crippen molar-refractivity contribution < 1.29 is 0 Å². The van der Waals surface area contributed by atoms with Crippen molar-refractivity contribution in [3.8, 4) is 5.69 Å². The predicted molar refractivity (Wildman–Crippen MR) is 108 cm³/mol. The minimum Gasteiger partial charge on any atom is -0.323 e. The Kier molecular flexibility index (Phi) is 4.10. The van der Waals surface area contributed by atoms with E-state index in [2.05, 4.69) is 30.5 Å². The fourth-order valence-corrected chi connectivity index (χ4v) is 3.06. The highest BCUT2D eigenvalue weighted by molar-refractivity contribution is 5.76. The van der Waals surface area contributed by atoms with Crippen LogP contribution in [0.15, 0.2) is 78.2 Å². The van der Waals surface area contributed by atoms with Gasteiger partial charge in [0.05, 0.1) is 30.3 Å². The topological polar surface area (TPSA) is 106 Å². The molecule has 0 aliphatic heterocycles. The number of nitrogens with zero attached hydrogens (tertiary/aromatic N) is 6. The second kappa shape index (κ2) is 7.04. The van der Waals surface area contributed by atoms with E-state index in [4.69, 9.17) is 0 Å². The third-order valence-electron chi connectivity index (χ3n) is 4.43. The van der Waals surface area contributed by atoms with Crippen molar-refractivity contribution in [3.05, 3.63) is 89.4 Å². The third-order valence-corrected chi connectivity index (χ3v) is 4.43. The van der Waals surface area contributed by atoms with Gasteiger partial charge in [-0.25, -0.2) is 4.68 Å². The first-order valence-corrected chi connectivity index (χ1v) is 8.98. The summed E-state index contributed by atoms with van der Waals surface area (Å²) in [4.78, 5) is 23.8. The number of benzene rings is 1.